The van der Waals surface area contributed by atoms with E-state index in [9.17, 15) is 55.6 Å². The van der Waals surface area contributed by atoms with Crippen LogP contribution in [-0.2, 0) is 25.6 Å². The second kappa shape index (κ2) is 17.3. The molecule has 276 valence electrons. The molecule has 0 fully saturated rings. The van der Waals surface area contributed by atoms with Crippen LogP contribution >= 0.6 is 0 Å². The molecule has 0 bridgehead atoms. The van der Waals surface area contributed by atoms with Crippen LogP contribution in [0.3, 0.4) is 0 Å². The van der Waals surface area contributed by atoms with Crippen molar-refractivity contribution in [3.8, 4) is 11.8 Å². The lowest BCUT2D eigenvalue weighted by Crippen LogP contribution is -2.58. The van der Waals surface area contributed by atoms with E-state index in [0.29, 0.717) is 5.75 Å². The number of ether oxygens (including phenoxy) is 1. The van der Waals surface area contributed by atoms with E-state index in [1.54, 1.807) is 0 Å². The van der Waals surface area contributed by atoms with Gasteiger partial charge < -0.3 is 26.0 Å². The van der Waals surface area contributed by atoms with Crippen LogP contribution in [-0.4, -0.2) is 67.2 Å². The van der Waals surface area contributed by atoms with E-state index in [4.69, 9.17) is 4.74 Å². The summed E-state index contributed by atoms with van der Waals surface area (Å²) in [5, 5.41) is 17.2. The summed E-state index contributed by atoms with van der Waals surface area (Å²) in [7, 11) is 1.34. The number of ketones is 1. The van der Waals surface area contributed by atoms with E-state index in [1.807, 2.05) is 6.07 Å². The molecular formula is C35H33F6N5O6. The fourth-order valence-corrected chi connectivity index (χ4v) is 4.79. The van der Waals surface area contributed by atoms with Gasteiger partial charge >= 0.3 is 12.1 Å². The lowest BCUT2D eigenvalue weighted by molar-refractivity contribution is -0.165. The molecule has 0 aliphatic carbocycles. The van der Waals surface area contributed by atoms with Crippen molar-refractivity contribution in [2.24, 2.45) is 5.92 Å². The molecule has 0 aromatic heterocycles. The minimum Gasteiger partial charge on any atom is -0.497 e. The average molecular weight is 734 g/mol. The molecule has 0 aliphatic heterocycles. The number of alkyl halides is 5. The normalized spacial score (nSPS) is 13.2. The zero-order chi connectivity index (χ0) is 38.8. The summed E-state index contributed by atoms with van der Waals surface area (Å²) in [4.78, 5) is 65.7. The maximum atomic E-state index is 14.9. The highest BCUT2D eigenvalue weighted by Gasteiger charge is 2.52. The van der Waals surface area contributed by atoms with Gasteiger partial charge in [-0.25, -0.2) is 4.39 Å². The van der Waals surface area contributed by atoms with Crippen molar-refractivity contribution in [2.75, 3.05) is 13.7 Å². The van der Waals surface area contributed by atoms with E-state index in [-0.39, 0.29) is 28.7 Å². The quantitative estimate of drug-likeness (QED) is 0.136. The van der Waals surface area contributed by atoms with Crippen LogP contribution in [0.25, 0.3) is 0 Å². The Kier molecular flexibility index (Phi) is 13.5. The molecule has 3 atom stereocenters. The Balaban J connectivity index is 1.98. The van der Waals surface area contributed by atoms with Gasteiger partial charge in [-0.3, -0.25) is 24.0 Å². The molecule has 0 radical (unpaired) electrons. The summed E-state index contributed by atoms with van der Waals surface area (Å²) in [6.45, 7) is 0.300. The molecule has 3 aromatic rings. The first-order chi connectivity index (χ1) is 24.4. The van der Waals surface area contributed by atoms with Crippen molar-refractivity contribution in [1.29, 1.82) is 5.26 Å². The van der Waals surface area contributed by atoms with Gasteiger partial charge in [-0.2, -0.15) is 27.2 Å². The predicted octanol–water partition coefficient (Wildman–Crippen LogP) is 3.93. The van der Waals surface area contributed by atoms with Crippen molar-refractivity contribution in [2.45, 2.75) is 50.5 Å². The fraction of sp³-hybridized carbons (Fsp3) is 0.314. The van der Waals surface area contributed by atoms with Crippen molar-refractivity contribution in [3.05, 3.63) is 101 Å². The van der Waals surface area contributed by atoms with Crippen LogP contribution in [0.15, 0.2) is 72.8 Å². The van der Waals surface area contributed by atoms with Crippen LogP contribution < -0.4 is 26.0 Å². The summed E-state index contributed by atoms with van der Waals surface area (Å²) in [5.41, 5.74) is 0.383. The second-order valence-electron chi connectivity index (χ2n) is 11.7. The van der Waals surface area contributed by atoms with Crippen molar-refractivity contribution < 1.29 is 55.1 Å². The van der Waals surface area contributed by atoms with Crippen LogP contribution in [0.5, 0.6) is 5.75 Å². The maximum absolute atomic E-state index is 14.9. The molecule has 11 nitrogen and oxygen atoms in total. The van der Waals surface area contributed by atoms with Crippen molar-refractivity contribution in [3.63, 3.8) is 0 Å². The number of carbonyl (C=O) groups excluding carboxylic acids is 5. The van der Waals surface area contributed by atoms with Gasteiger partial charge in [0.05, 0.1) is 24.8 Å². The zero-order valence-corrected chi connectivity index (χ0v) is 27.8. The zero-order valence-electron chi connectivity index (χ0n) is 27.8. The highest BCUT2D eigenvalue weighted by molar-refractivity contribution is 6.11. The summed E-state index contributed by atoms with van der Waals surface area (Å²) >= 11 is 0. The number of nitriles is 1. The summed E-state index contributed by atoms with van der Waals surface area (Å²) in [6.07, 6.45) is -5.38. The molecule has 4 amide bonds. The molecule has 0 aliphatic rings. The van der Waals surface area contributed by atoms with E-state index in [1.165, 1.54) is 81.6 Å². The topological polar surface area (TPSA) is 166 Å². The Bertz CT molecular complexity index is 1830. The summed E-state index contributed by atoms with van der Waals surface area (Å²) in [6, 6.07) is 12.4. The first kappa shape index (κ1) is 40.5. The molecule has 3 aromatic carbocycles. The van der Waals surface area contributed by atoms with Gasteiger partial charge in [0.1, 0.15) is 30.2 Å². The number of Topliss-reactive ketones (excluding diaryl/α,β-unsaturated/α-hetero) is 1. The van der Waals surface area contributed by atoms with Crippen LogP contribution in [0.4, 0.5) is 26.3 Å². The van der Waals surface area contributed by atoms with E-state index >= 15 is 0 Å². The van der Waals surface area contributed by atoms with E-state index < -0.39 is 77.9 Å². The maximum Gasteiger partial charge on any atom is 0.405 e. The molecular weight excluding hydrogens is 700 g/mol. The van der Waals surface area contributed by atoms with Crippen LogP contribution in [0.1, 0.15) is 46.9 Å². The number of rotatable bonds is 15. The predicted molar refractivity (Wildman–Crippen MR) is 172 cm³/mol. The minimum atomic E-state index is -5.06. The highest BCUT2D eigenvalue weighted by atomic mass is 19.4. The lowest BCUT2D eigenvalue weighted by Gasteiger charge is -2.28. The Hall–Kier alpha value is -5.92. The van der Waals surface area contributed by atoms with Gasteiger partial charge in [0, 0.05) is 12.0 Å². The van der Waals surface area contributed by atoms with E-state index in [2.05, 4.69) is 16.0 Å². The number of amides is 4. The van der Waals surface area contributed by atoms with Gasteiger partial charge in [0.15, 0.2) is 0 Å². The molecule has 0 heterocycles. The number of nitrogens with one attached hydrogen (secondary N) is 4. The Morgan fingerprint density at radius 2 is 1.50 bits per heavy atom. The molecule has 3 unspecified atom stereocenters. The van der Waals surface area contributed by atoms with E-state index in [0.717, 1.165) is 17.4 Å². The van der Waals surface area contributed by atoms with Gasteiger partial charge in [-0.1, -0.05) is 44.2 Å². The third kappa shape index (κ3) is 11.0. The van der Waals surface area contributed by atoms with Gasteiger partial charge in [-0.05, 0) is 59.5 Å². The molecule has 0 saturated heterocycles. The molecule has 17 heteroatoms. The number of carbonyl (C=O) groups is 5. The largest absolute Gasteiger partial charge is 0.497 e. The number of nitrogens with zero attached hydrogens (tertiary/aromatic N) is 1. The molecule has 0 saturated carbocycles. The minimum absolute atomic E-state index is 0.0148. The Morgan fingerprint density at radius 3 is 2.08 bits per heavy atom. The summed E-state index contributed by atoms with van der Waals surface area (Å²) < 4.78 is 86.6. The number of hydrogen-bond donors (Lipinski definition) is 4. The first-order valence-corrected chi connectivity index (χ1v) is 15.4. The lowest BCUT2D eigenvalue weighted by atomic mass is 9.94. The number of benzene rings is 3. The number of halogens is 6. The summed E-state index contributed by atoms with van der Waals surface area (Å²) in [5.74, 6) is -14.4. The van der Waals surface area contributed by atoms with Crippen molar-refractivity contribution in [1.82, 2.24) is 21.3 Å². The smallest absolute Gasteiger partial charge is 0.405 e. The van der Waals surface area contributed by atoms with Crippen molar-refractivity contribution >= 4 is 29.4 Å². The third-order valence-electron chi connectivity index (χ3n) is 7.49. The first-order valence-electron chi connectivity index (χ1n) is 15.4. The Morgan fingerprint density at radius 1 is 0.846 bits per heavy atom. The molecule has 4 N–H and O–H groups in total. The van der Waals surface area contributed by atoms with Crippen LogP contribution in [0.2, 0.25) is 0 Å². The molecule has 3 rings (SSSR count). The highest BCUT2D eigenvalue weighted by Crippen LogP contribution is 2.24. The van der Waals surface area contributed by atoms with Gasteiger partial charge in [-0.15, -0.1) is 0 Å². The molecule has 52 heavy (non-hydrogen) atoms. The van der Waals surface area contributed by atoms with Gasteiger partial charge in [0.2, 0.25) is 17.6 Å². The average Bonchev–Trinajstić information content (AvgIpc) is 3.10. The second-order valence-corrected chi connectivity index (χ2v) is 11.7. The number of hydrogen-bond acceptors (Lipinski definition) is 7. The van der Waals surface area contributed by atoms with Crippen LogP contribution in [0, 0.1) is 23.1 Å². The fourth-order valence-electron chi connectivity index (χ4n) is 4.79. The monoisotopic (exact) mass is 733 g/mol. The third-order valence-corrected chi connectivity index (χ3v) is 7.49. The number of methoxy groups -OCH3 is 1. The standard InChI is InChI=1S/C35H33F6N5O6/c1-19(2)27(29(47)35(40,41)33(51)43-18-34(37,38)39)45-32(50)28(22-10-12-25(52-3)13-11-22)46-31(49)26(16-20-6-5-9-24(36)15-20)44-30(48)23-8-4-7-21(14-23)17-42/h4-15,19,26-28H,16,18H2,1-3H3,(H,43,51)(H,44,48)(H,45,50)(H,46,49). The van der Waals surface area contributed by atoms with Gasteiger partial charge in [0.25, 0.3) is 11.8 Å². The SMILES string of the molecule is COc1ccc(C(NC(=O)C(Cc2cccc(F)c2)NC(=O)c2cccc(C#N)c2)C(=O)NC(C(=O)C(F)(F)C(=O)NCC(F)(F)F)C(C)C)cc1. The Labute approximate surface area is 293 Å². The molecule has 0 spiro atoms.